The van der Waals surface area contributed by atoms with Crippen LogP contribution in [0.5, 0.6) is 0 Å². The van der Waals surface area contributed by atoms with Crippen molar-refractivity contribution in [3.8, 4) is 0 Å². The number of carbonyl (C=O) groups excluding carboxylic acids is 1. The molecule has 4 nitrogen and oxygen atoms in total. The molecule has 0 aliphatic rings. The molecule has 0 saturated heterocycles. The molecular formula is C15H21N3O. The van der Waals surface area contributed by atoms with E-state index in [2.05, 4.69) is 48.0 Å². The molecule has 2 rings (SSSR count). The molecule has 0 unspecified atom stereocenters. The normalized spacial score (nSPS) is 11.3. The number of nitrogens with one attached hydrogen (secondary N) is 1. The van der Waals surface area contributed by atoms with Gasteiger partial charge in [-0.05, 0) is 17.0 Å². The van der Waals surface area contributed by atoms with Gasteiger partial charge < -0.3 is 15.6 Å². The van der Waals surface area contributed by atoms with Crippen molar-refractivity contribution >= 4 is 16.8 Å². The molecule has 102 valence electrons. The van der Waals surface area contributed by atoms with Crippen molar-refractivity contribution in [3.05, 3.63) is 36.0 Å². The number of primary amides is 1. The van der Waals surface area contributed by atoms with Crippen molar-refractivity contribution in [2.75, 3.05) is 0 Å². The van der Waals surface area contributed by atoms with Gasteiger partial charge in [-0.25, -0.2) is 0 Å². The average Bonchev–Trinajstić information content (AvgIpc) is 2.77. The molecule has 0 atom stereocenters. The van der Waals surface area contributed by atoms with Gasteiger partial charge in [0.05, 0.1) is 5.52 Å². The number of aromatic nitrogens is 1. The Labute approximate surface area is 113 Å². The molecule has 3 N–H and O–H groups in total. The number of amides is 1. The van der Waals surface area contributed by atoms with E-state index in [0.717, 1.165) is 6.54 Å². The third kappa shape index (κ3) is 3.35. The van der Waals surface area contributed by atoms with E-state index >= 15 is 0 Å². The molecule has 0 saturated carbocycles. The maximum absolute atomic E-state index is 10.9. The van der Waals surface area contributed by atoms with E-state index in [4.69, 9.17) is 5.73 Å². The average molecular weight is 259 g/mol. The fraction of sp³-hybridized carbons (Fsp3) is 0.400. The summed E-state index contributed by atoms with van der Waals surface area (Å²) in [5, 5.41) is 4.63. The Bertz CT molecular complexity index is 572. The summed E-state index contributed by atoms with van der Waals surface area (Å²) < 4.78 is 2.11. The van der Waals surface area contributed by atoms with Crippen LogP contribution in [0.4, 0.5) is 0 Å². The zero-order valence-electron chi connectivity index (χ0n) is 11.5. The van der Waals surface area contributed by atoms with Gasteiger partial charge in [0.1, 0.15) is 0 Å². The fourth-order valence-corrected chi connectivity index (χ4v) is 2.21. The number of benzene rings is 1. The Morgan fingerprint density at radius 1 is 1.37 bits per heavy atom. The molecule has 2 aromatic rings. The molecule has 1 aromatic carbocycles. The Kier molecular flexibility index (Phi) is 4.22. The Hall–Kier alpha value is -1.81. The highest BCUT2D eigenvalue weighted by atomic mass is 16.1. The molecular weight excluding hydrogens is 238 g/mol. The highest BCUT2D eigenvalue weighted by Crippen LogP contribution is 2.20. The fourth-order valence-electron chi connectivity index (χ4n) is 2.21. The van der Waals surface area contributed by atoms with Crippen molar-refractivity contribution in [2.24, 2.45) is 5.73 Å². The second kappa shape index (κ2) is 5.89. The minimum absolute atomic E-state index is 0.264. The third-order valence-electron chi connectivity index (χ3n) is 3.17. The number of rotatable bonds is 6. The predicted molar refractivity (Wildman–Crippen MR) is 77.7 cm³/mol. The van der Waals surface area contributed by atoms with Crippen LogP contribution in [0.25, 0.3) is 10.9 Å². The maximum atomic E-state index is 10.9. The van der Waals surface area contributed by atoms with E-state index in [9.17, 15) is 4.79 Å². The monoisotopic (exact) mass is 259 g/mol. The lowest BCUT2D eigenvalue weighted by Gasteiger charge is -2.12. The topological polar surface area (TPSA) is 60.1 Å². The number of hydrogen-bond acceptors (Lipinski definition) is 2. The van der Waals surface area contributed by atoms with E-state index in [1.165, 1.54) is 16.5 Å². The first-order chi connectivity index (χ1) is 9.08. The van der Waals surface area contributed by atoms with Crippen LogP contribution in [0.15, 0.2) is 30.5 Å². The molecule has 0 bridgehead atoms. The number of aryl methyl sites for hydroxylation is 1. The van der Waals surface area contributed by atoms with Crippen LogP contribution >= 0.6 is 0 Å². The zero-order chi connectivity index (χ0) is 13.8. The number of carbonyl (C=O) groups is 1. The zero-order valence-corrected chi connectivity index (χ0v) is 11.5. The van der Waals surface area contributed by atoms with Crippen LogP contribution in [0, 0.1) is 0 Å². The largest absolute Gasteiger partial charge is 0.370 e. The molecule has 0 aliphatic heterocycles. The van der Waals surface area contributed by atoms with Crippen LogP contribution in [0.2, 0.25) is 0 Å². The Balaban J connectivity index is 2.29. The van der Waals surface area contributed by atoms with Crippen LogP contribution in [0.3, 0.4) is 0 Å². The van der Waals surface area contributed by atoms with Crippen LogP contribution in [-0.2, 0) is 17.9 Å². The molecule has 19 heavy (non-hydrogen) atoms. The molecule has 0 radical (unpaired) electrons. The molecule has 1 heterocycles. The van der Waals surface area contributed by atoms with Gasteiger partial charge in [0, 0.05) is 31.7 Å². The first-order valence-corrected chi connectivity index (χ1v) is 6.66. The lowest BCUT2D eigenvalue weighted by molar-refractivity contribution is -0.118. The van der Waals surface area contributed by atoms with Gasteiger partial charge in [-0.1, -0.05) is 32.0 Å². The van der Waals surface area contributed by atoms with Gasteiger partial charge in [-0.2, -0.15) is 0 Å². The number of nitrogens with zero attached hydrogens (tertiary/aromatic N) is 1. The first-order valence-electron chi connectivity index (χ1n) is 6.66. The van der Waals surface area contributed by atoms with E-state index in [1.54, 1.807) is 0 Å². The van der Waals surface area contributed by atoms with E-state index in [-0.39, 0.29) is 5.91 Å². The summed E-state index contributed by atoms with van der Waals surface area (Å²) in [6, 6.07) is 8.81. The molecule has 0 spiro atoms. The quantitative estimate of drug-likeness (QED) is 0.833. The summed E-state index contributed by atoms with van der Waals surface area (Å²) in [7, 11) is 0. The van der Waals surface area contributed by atoms with Crippen molar-refractivity contribution in [1.29, 1.82) is 0 Å². The maximum Gasteiger partial charge on any atom is 0.219 e. The number of nitrogens with two attached hydrogens (primary N) is 1. The predicted octanol–water partition coefficient (Wildman–Crippen LogP) is 2.01. The van der Waals surface area contributed by atoms with Gasteiger partial charge in [-0.15, -0.1) is 0 Å². The molecule has 0 aliphatic carbocycles. The third-order valence-corrected chi connectivity index (χ3v) is 3.17. The van der Waals surface area contributed by atoms with Crippen LogP contribution in [0.1, 0.15) is 25.8 Å². The van der Waals surface area contributed by atoms with Gasteiger partial charge in [0.25, 0.3) is 0 Å². The van der Waals surface area contributed by atoms with Crippen molar-refractivity contribution in [3.63, 3.8) is 0 Å². The smallest absolute Gasteiger partial charge is 0.219 e. The standard InChI is InChI=1S/C15H21N3O/c1-11(2)17-10-13-5-3-4-12-6-8-18(15(12)13)9-7-14(16)19/h3-6,8,11,17H,7,9-10H2,1-2H3,(H2,16,19). The molecule has 1 aromatic heterocycles. The number of fused-ring (bicyclic) bond motifs is 1. The molecule has 4 heteroatoms. The summed E-state index contributed by atoms with van der Waals surface area (Å²) in [6.45, 7) is 5.73. The van der Waals surface area contributed by atoms with Crippen LogP contribution < -0.4 is 11.1 Å². The van der Waals surface area contributed by atoms with E-state index in [1.807, 2.05) is 6.20 Å². The lowest BCUT2D eigenvalue weighted by Crippen LogP contribution is -2.22. The van der Waals surface area contributed by atoms with Crippen molar-refractivity contribution in [2.45, 2.75) is 39.4 Å². The van der Waals surface area contributed by atoms with Gasteiger partial charge in [0.2, 0.25) is 5.91 Å². The Morgan fingerprint density at radius 2 is 2.16 bits per heavy atom. The van der Waals surface area contributed by atoms with Gasteiger partial charge in [0.15, 0.2) is 0 Å². The van der Waals surface area contributed by atoms with Crippen molar-refractivity contribution < 1.29 is 4.79 Å². The molecule has 0 fully saturated rings. The highest BCUT2D eigenvalue weighted by molar-refractivity contribution is 5.83. The highest BCUT2D eigenvalue weighted by Gasteiger charge is 2.07. The molecule has 1 amide bonds. The number of para-hydroxylation sites is 1. The van der Waals surface area contributed by atoms with Crippen molar-refractivity contribution in [1.82, 2.24) is 9.88 Å². The van der Waals surface area contributed by atoms with Crippen LogP contribution in [-0.4, -0.2) is 16.5 Å². The van der Waals surface area contributed by atoms with E-state index in [0.29, 0.717) is 19.0 Å². The first kappa shape index (κ1) is 13.6. The van der Waals surface area contributed by atoms with E-state index < -0.39 is 0 Å². The summed E-state index contributed by atoms with van der Waals surface area (Å²) in [4.78, 5) is 10.9. The van der Waals surface area contributed by atoms with Gasteiger partial charge >= 0.3 is 0 Å². The SMILES string of the molecule is CC(C)NCc1cccc2ccn(CCC(N)=O)c12. The van der Waals surface area contributed by atoms with Gasteiger partial charge in [-0.3, -0.25) is 4.79 Å². The Morgan fingerprint density at radius 3 is 2.84 bits per heavy atom. The minimum Gasteiger partial charge on any atom is -0.370 e. The summed E-state index contributed by atoms with van der Waals surface area (Å²) >= 11 is 0. The minimum atomic E-state index is -0.264. The lowest BCUT2D eigenvalue weighted by atomic mass is 10.1. The second-order valence-electron chi connectivity index (χ2n) is 5.12. The summed E-state index contributed by atoms with van der Waals surface area (Å²) in [6.07, 6.45) is 2.39. The summed E-state index contributed by atoms with van der Waals surface area (Å²) in [5.74, 6) is -0.264. The summed E-state index contributed by atoms with van der Waals surface area (Å²) in [5.41, 5.74) is 7.67. The second-order valence-corrected chi connectivity index (χ2v) is 5.12. The number of hydrogen-bond donors (Lipinski definition) is 2.